The van der Waals surface area contributed by atoms with Gasteiger partial charge in [-0.2, -0.15) is 0 Å². The average Bonchev–Trinajstić information content (AvgIpc) is 2.48. The van der Waals surface area contributed by atoms with E-state index in [4.69, 9.17) is 0 Å². The first-order valence-corrected chi connectivity index (χ1v) is 7.01. The Morgan fingerprint density at radius 2 is 0.962 bits per heavy atom. The van der Waals surface area contributed by atoms with E-state index in [0.29, 0.717) is 0 Å². The van der Waals surface area contributed by atoms with Crippen LogP contribution in [0.1, 0.15) is 0 Å². The van der Waals surface area contributed by atoms with Crippen LogP contribution >= 0.6 is 0 Å². The second kappa shape index (κ2) is 20.0. The number of rotatable bonds is 11. The zero-order valence-corrected chi connectivity index (χ0v) is 17.5. The average molecular weight is 389 g/mol. The summed E-state index contributed by atoms with van der Waals surface area (Å²) in [6.45, 7) is -0.517. The normalized spacial score (nSPS) is 9.27. The van der Waals surface area contributed by atoms with Crippen molar-refractivity contribution in [3.8, 4) is 0 Å². The quantitative estimate of drug-likeness (QED) is 0.194. The van der Waals surface area contributed by atoms with E-state index in [1.807, 2.05) is 0 Å². The molecule has 0 fully saturated rings. The maximum Gasteiger partial charge on any atom is 1.00 e. The van der Waals surface area contributed by atoms with E-state index < -0.39 is 23.9 Å². The Hall–Kier alpha value is -1.32. The smallest absolute Gasteiger partial charge is 0.549 e. The number of hydrogen-bond acceptors (Lipinski definition) is 13. The van der Waals surface area contributed by atoms with Crippen molar-refractivity contribution in [2.24, 2.45) is 0 Å². The van der Waals surface area contributed by atoms with Gasteiger partial charge in [0, 0.05) is 6.54 Å². The van der Waals surface area contributed by atoms with E-state index in [2.05, 4.69) is 35.8 Å². The molecule has 0 spiro atoms. The zero-order valence-electron chi connectivity index (χ0n) is 15.5. The van der Waals surface area contributed by atoms with Gasteiger partial charge in [0.1, 0.15) is 0 Å². The molecule has 0 aromatic carbocycles. The van der Waals surface area contributed by atoms with E-state index in [9.17, 15) is 24.3 Å². The molecule has 4 N–H and O–H groups in total. The van der Waals surface area contributed by atoms with Crippen LogP contribution in [0.15, 0.2) is 0 Å². The summed E-state index contributed by atoms with van der Waals surface area (Å²) in [4.78, 5) is 56.5. The van der Waals surface area contributed by atoms with Crippen molar-refractivity contribution in [2.45, 2.75) is 0 Å². The van der Waals surface area contributed by atoms with Gasteiger partial charge in [-0.15, -0.1) is 0 Å². The van der Waals surface area contributed by atoms with Crippen LogP contribution in [-0.2, 0) is 33.7 Å². The molecule has 0 bridgehead atoms. The molecule has 0 saturated heterocycles. The molecule has 0 aromatic rings. The monoisotopic (exact) mass is 389 g/mol. The van der Waals surface area contributed by atoms with Gasteiger partial charge in [-0.25, -0.2) is 14.4 Å². The molecule has 0 radical (unpaired) electrons. The van der Waals surface area contributed by atoms with Gasteiger partial charge in [0.05, 0.1) is 25.6 Å². The van der Waals surface area contributed by atoms with Gasteiger partial charge in [-0.3, -0.25) is 14.5 Å². The van der Waals surface area contributed by atoms with E-state index in [1.165, 1.54) is 21.1 Å². The molecule has 0 aromatic heterocycles. The summed E-state index contributed by atoms with van der Waals surface area (Å²) >= 11 is 0. The molecule has 0 aliphatic heterocycles. The Bertz CT molecular complexity index is 379. The van der Waals surface area contributed by atoms with Crippen LogP contribution in [0.3, 0.4) is 0 Å². The molecule has 0 rings (SSSR count). The molecular formula is C12H24N5NaO8. The van der Waals surface area contributed by atoms with Crippen molar-refractivity contribution in [3.63, 3.8) is 0 Å². The third-order valence-electron chi connectivity index (χ3n) is 1.81. The standard InChI is InChI=1S/C9H18N4O6.C3H7NO2.Na/c1-10-4-7(14)17-13(18-8(15)5-11-2)19-9(16)6-12-3;1-4-2-3(5)6;/h10-12H,4-6H2,1-3H3;4H,2H2,1H3,(H,5,6);/q;;+1/p-1. The molecule has 0 atom stereocenters. The number of likely N-dealkylation sites (N-methyl/N-ethyl adjacent to an activating group) is 4. The SMILES string of the molecule is CNCC(=O)ON(OC(=O)CNC)OC(=O)CNC.CNCC(=O)[O-].[Na+]. The minimum atomic E-state index is -1.07. The van der Waals surface area contributed by atoms with Crippen LogP contribution in [0, 0.1) is 0 Å². The summed E-state index contributed by atoms with van der Waals surface area (Å²) in [6, 6.07) is 0. The maximum atomic E-state index is 11.2. The fourth-order valence-electron chi connectivity index (χ4n) is 0.979. The van der Waals surface area contributed by atoms with Crippen molar-refractivity contribution >= 4 is 23.9 Å². The minimum absolute atomic E-state index is 0. The zero-order chi connectivity index (χ0) is 19.7. The molecule has 0 heterocycles. The van der Waals surface area contributed by atoms with Gasteiger partial charge in [-0.1, -0.05) is 0 Å². The molecule has 0 amide bonds. The number of carboxylic acids is 1. The Kier molecular flexibility index (Phi) is 22.6. The third-order valence-corrected chi connectivity index (χ3v) is 1.81. The number of carbonyl (C=O) groups excluding carboxylic acids is 4. The van der Waals surface area contributed by atoms with Gasteiger partial charge < -0.3 is 31.2 Å². The van der Waals surface area contributed by atoms with Gasteiger partial charge in [0.25, 0.3) is 0 Å². The fourth-order valence-corrected chi connectivity index (χ4v) is 0.979. The van der Waals surface area contributed by atoms with Gasteiger partial charge in [0.2, 0.25) is 5.39 Å². The number of carbonyl (C=O) groups is 4. The maximum absolute atomic E-state index is 11.2. The Morgan fingerprint density at radius 3 is 1.12 bits per heavy atom. The summed E-state index contributed by atoms with van der Waals surface area (Å²) in [5.41, 5.74) is 0. The number of carboxylic acid groups (broad SMARTS) is 1. The summed E-state index contributed by atoms with van der Waals surface area (Å²) in [5.74, 6) is -3.46. The van der Waals surface area contributed by atoms with Crippen LogP contribution in [0.4, 0.5) is 0 Å². The topological polar surface area (TPSA) is 170 Å². The van der Waals surface area contributed by atoms with Crippen molar-refractivity contribution in [3.05, 3.63) is 0 Å². The van der Waals surface area contributed by atoms with Crippen LogP contribution in [0.2, 0.25) is 0 Å². The number of nitrogens with zero attached hydrogens (tertiary/aromatic N) is 1. The second-order valence-electron chi connectivity index (χ2n) is 4.11. The van der Waals surface area contributed by atoms with E-state index in [0.717, 1.165) is 0 Å². The van der Waals surface area contributed by atoms with E-state index in [1.54, 1.807) is 7.05 Å². The van der Waals surface area contributed by atoms with Crippen molar-refractivity contribution in [2.75, 3.05) is 54.4 Å². The summed E-state index contributed by atoms with van der Waals surface area (Å²) < 4.78 is 0. The Labute approximate surface area is 173 Å². The van der Waals surface area contributed by atoms with Crippen LogP contribution in [0.5, 0.6) is 0 Å². The summed E-state index contributed by atoms with van der Waals surface area (Å²) in [5, 5.41) is 19.5. The molecule has 14 heteroatoms. The summed E-state index contributed by atoms with van der Waals surface area (Å²) in [7, 11) is 6.11. The second-order valence-corrected chi connectivity index (χ2v) is 4.11. The van der Waals surface area contributed by atoms with Crippen LogP contribution < -0.4 is 55.9 Å². The molecule has 0 saturated carbocycles. The molecular weight excluding hydrogens is 365 g/mol. The van der Waals surface area contributed by atoms with Crippen LogP contribution in [-0.4, -0.2) is 83.6 Å². The molecule has 0 unspecified atom stereocenters. The van der Waals surface area contributed by atoms with Crippen molar-refractivity contribution in [1.82, 2.24) is 26.7 Å². The number of nitrogens with one attached hydrogen (secondary N) is 4. The molecule has 0 aliphatic carbocycles. The van der Waals surface area contributed by atoms with Crippen LogP contribution in [0.25, 0.3) is 0 Å². The van der Waals surface area contributed by atoms with E-state index >= 15 is 0 Å². The van der Waals surface area contributed by atoms with Gasteiger partial charge in [0.15, 0.2) is 0 Å². The van der Waals surface area contributed by atoms with Crippen molar-refractivity contribution in [1.29, 1.82) is 0 Å². The molecule has 13 nitrogen and oxygen atoms in total. The van der Waals surface area contributed by atoms with Gasteiger partial charge in [-0.05, 0) is 28.2 Å². The first-order valence-electron chi connectivity index (χ1n) is 7.01. The predicted octanol–water partition coefficient (Wildman–Crippen LogP) is -7.72. The fraction of sp³-hybridized carbons (Fsp3) is 0.667. The third kappa shape index (κ3) is 20.7. The minimum Gasteiger partial charge on any atom is -0.549 e. The predicted molar refractivity (Wildman–Crippen MR) is 80.8 cm³/mol. The molecule has 26 heavy (non-hydrogen) atoms. The van der Waals surface area contributed by atoms with Gasteiger partial charge >= 0.3 is 47.5 Å². The Balaban J connectivity index is -0.000000649. The summed E-state index contributed by atoms with van der Waals surface area (Å²) in [6.07, 6.45) is 0. The molecule has 146 valence electrons. The van der Waals surface area contributed by atoms with Crippen molar-refractivity contribution < 1.29 is 68.4 Å². The number of aliphatic carboxylic acids is 1. The first kappa shape index (κ1) is 29.4. The first-order chi connectivity index (χ1) is 11.8. The Morgan fingerprint density at radius 1 is 0.692 bits per heavy atom. The molecule has 0 aliphatic rings. The largest absolute Gasteiger partial charge is 1.00 e. The van der Waals surface area contributed by atoms with E-state index in [-0.39, 0.29) is 61.1 Å². The number of hydrogen-bond donors (Lipinski definition) is 4.